The molecule has 1 aliphatic carbocycles. The van der Waals surface area contributed by atoms with Gasteiger partial charge >= 0.3 is 0 Å². The number of hydrogen-bond donors (Lipinski definition) is 1. The van der Waals surface area contributed by atoms with Crippen LogP contribution in [0.15, 0.2) is 0 Å². The summed E-state index contributed by atoms with van der Waals surface area (Å²) in [6.07, 6.45) is 5.01. The van der Waals surface area contributed by atoms with Crippen LogP contribution >= 0.6 is 11.3 Å². The molecule has 17 heavy (non-hydrogen) atoms. The highest BCUT2D eigenvalue weighted by Gasteiger charge is 2.29. The molecule has 1 N–H and O–H groups in total. The lowest BCUT2D eigenvalue weighted by molar-refractivity contribution is 0.0937. The zero-order chi connectivity index (χ0) is 11.7. The van der Waals surface area contributed by atoms with Crippen molar-refractivity contribution in [3.8, 4) is 0 Å². The van der Waals surface area contributed by atoms with E-state index in [2.05, 4.69) is 22.4 Å². The van der Waals surface area contributed by atoms with Gasteiger partial charge in [-0.15, -0.1) is 10.2 Å². The zero-order valence-electron chi connectivity index (χ0n) is 10.2. The number of nitrogens with one attached hydrogen (secondary N) is 1. The van der Waals surface area contributed by atoms with E-state index < -0.39 is 0 Å². The molecule has 1 saturated carbocycles. The first-order valence-corrected chi connectivity index (χ1v) is 7.32. The van der Waals surface area contributed by atoms with Gasteiger partial charge in [-0.3, -0.25) is 0 Å². The van der Waals surface area contributed by atoms with E-state index in [4.69, 9.17) is 4.74 Å². The molecule has 1 aromatic heterocycles. The summed E-state index contributed by atoms with van der Waals surface area (Å²) >= 11 is 1.72. The maximum atomic E-state index is 5.71. The van der Waals surface area contributed by atoms with E-state index in [1.54, 1.807) is 11.3 Å². The Labute approximate surface area is 106 Å². The van der Waals surface area contributed by atoms with Crippen molar-refractivity contribution in [2.75, 3.05) is 13.2 Å². The molecule has 5 heteroatoms. The second-order valence-electron chi connectivity index (χ2n) is 5.07. The van der Waals surface area contributed by atoms with Crippen LogP contribution < -0.4 is 5.32 Å². The summed E-state index contributed by atoms with van der Waals surface area (Å²) in [5.41, 5.74) is 0. The summed E-state index contributed by atoms with van der Waals surface area (Å²) in [6, 6.07) is 0.778. The van der Waals surface area contributed by atoms with E-state index >= 15 is 0 Å². The highest BCUT2D eigenvalue weighted by molar-refractivity contribution is 7.11. The third kappa shape index (κ3) is 2.84. The average Bonchev–Trinajstić information content (AvgIpc) is 2.85. The second kappa shape index (κ2) is 5.00. The van der Waals surface area contributed by atoms with Gasteiger partial charge in [0.2, 0.25) is 0 Å². The molecule has 2 unspecified atom stereocenters. The molecule has 1 saturated heterocycles. The monoisotopic (exact) mass is 253 g/mol. The molecule has 2 fully saturated rings. The largest absolute Gasteiger partial charge is 0.371 e. The molecule has 94 valence electrons. The van der Waals surface area contributed by atoms with E-state index in [0.717, 1.165) is 42.1 Å². The number of aromatic nitrogens is 2. The van der Waals surface area contributed by atoms with Crippen LogP contribution in [0.25, 0.3) is 0 Å². The molecule has 0 aromatic carbocycles. The van der Waals surface area contributed by atoms with Crippen LogP contribution in [0.5, 0.6) is 0 Å². The smallest absolute Gasteiger partial charge is 0.146 e. The summed E-state index contributed by atoms with van der Waals surface area (Å²) in [5.74, 6) is 0.584. The molecule has 0 radical (unpaired) electrons. The van der Waals surface area contributed by atoms with Crippen molar-refractivity contribution in [1.82, 2.24) is 15.5 Å². The molecule has 0 spiro atoms. The molecule has 1 aromatic rings. The van der Waals surface area contributed by atoms with E-state index in [9.17, 15) is 0 Å². The summed E-state index contributed by atoms with van der Waals surface area (Å²) in [5, 5.41) is 14.2. The molecule has 1 aliphatic heterocycles. The Morgan fingerprint density at radius 3 is 2.94 bits per heavy atom. The van der Waals surface area contributed by atoms with Gasteiger partial charge in [-0.05, 0) is 25.2 Å². The van der Waals surface area contributed by atoms with Gasteiger partial charge < -0.3 is 10.1 Å². The lowest BCUT2D eigenvalue weighted by Gasteiger charge is -2.09. The SMILES string of the molecule is CC1CCOC1c1nnc(CCNC2CC2)s1. The average molecular weight is 253 g/mol. The normalized spacial score (nSPS) is 28.8. The summed E-state index contributed by atoms with van der Waals surface area (Å²) in [4.78, 5) is 0. The number of rotatable bonds is 5. The van der Waals surface area contributed by atoms with E-state index in [1.165, 1.54) is 12.8 Å². The highest BCUT2D eigenvalue weighted by Crippen LogP contribution is 2.35. The van der Waals surface area contributed by atoms with Crippen LogP contribution in [0.4, 0.5) is 0 Å². The highest BCUT2D eigenvalue weighted by atomic mass is 32.1. The van der Waals surface area contributed by atoms with Gasteiger partial charge in [0.15, 0.2) is 0 Å². The molecule has 4 nitrogen and oxygen atoms in total. The Morgan fingerprint density at radius 2 is 2.24 bits per heavy atom. The predicted molar refractivity (Wildman–Crippen MR) is 67.1 cm³/mol. The Balaban J connectivity index is 1.53. The van der Waals surface area contributed by atoms with Crippen LogP contribution in [0, 0.1) is 5.92 Å². The quantitative estimate of drug-likeness (QED) is 0.871. The fraction of sp³-hybridized carbons (Fsp3) is 0.833. The minimum Gasteiger partial charge on any atom is -0.371 e. The van der Waals surface area contributed by atoms with Crippen LogP contribution in [-0.4, -0.2) is 29.4 Å². The topological polar surface area (TPSA) is 47.0 Å². The van der Waals surface area contributed by atoms with Crippen LogP contribution in [0.2, 0.25) is 0 Å². The van der Waals surface area contributed by atoms with Gasteiger partial charge in [0.25, 0.3) is 0 Å². The third-order valence-corrected chi connectivity index (χ3v) is 4.51. The van der Waals surface area contributed by atoms with E-state index in [0.29, 0.717) is 5.92 Å². The van der Waals surface area contributed by atoms with Crippen molar-refractivity contribution >= 4 is 11.3 Å². The maximum absolute atomic E-state index is 5.71. The van der Waals surface area contributed by atoms with Crippen LogP contribution in [0.1, 0.15) is 42.3 Å². The van der Waals surface area contributed by atoms with E-state index in [-0.39, 0.29) is 6.10 Å². The van der Waals surface area contributed by atoms with Crippen LogP contribution in [-0.2, 0) is 11.2 Å². The Morgan fingerprint density at radius 1 is 1.35 bits per heavy atom. The maximum Gasteiger partial charge on any atom is 0.146 e. The molecule has 2 aliphatic rings. The van der Waals surface area contributed by atoms with Crippen molar-refractivity contribution < 1.29 is 4.74 Å². The van der Waals surface area contributed by atoms with Gasteiger partial charge in [0.05, 0.1) is 0 Å². The van der Waals surface area contributed by atoms with Crippen molar-refractivity contribution in [2.45, 2.75) is 44.8 Å². The molecule has 2 atom stereocenters. The van der Waals surface area contributed by atoms with Gasteiger partial charge in [-0.2, -0.15) is 0 Å². The minimum absolute atomic E-state index is 0.192. The fourth-order valence-corrected chi connectivity index (χ4v) is 3.19. The Kier molecular flexibility index (Phi) is 3.40. The summed E-state index contributed by atoms with van der Waals surface area (Å²) in [7, 11) is 0. The standard InChI is InChI=1S/C12H19N3OS/c1-8-5-7-16-11(8)12-15-14-10(17-12)4-6-13-9-2-3-9/h8-9,11,13H,2-7H2,1H3. The zero-order valence-corrected chi connectivity index (χ0v) is 11.0. The van der Waals surface area contributed by atoms with Gasteiger partial charge in [-0.1, -0.05) is 18.3 Å². The second-order valence-corrected chi connectivity index (χ2v) is 6.16. The van der Waals surface area contributed by atoms with Crippen molar-refractivity contribution in [2.24, 2.45) is 5.92 Å². The number of nitrogens with zero attached hydrogens (tertiary/aromatic N) is 2. The lowest BCUT2D eigenvalue weighted by Crippen LogP contribution is -2.19. The third-order valence-electron chi connectivity index (χ3n) is 3.46. The molecule has 2 heterocycles. The van der Waals surface area contributed by atoms with Gasteiger partial charge in [0.1, 0.15) is 16.1 Å². The minimum atomic E-state index is 0.192. The van der Waals surface area contributed by atoms with Crippen LogP contribution in [0.3, 0.4) is 0 Å². The van der Waals surface area contributed by atoms with E-state index in [1.807, 2.05) is 0 Å². The van der Waals surface area contributed by atoms with Crippen molar-refractivity contribution in [3.05, 3.63) is 10.0 Å². The van der Waals surface area contributed by atoms with Gasteiger partial charge in [-0.25, -0.2) is 0 Å². The number of hydrogen-bond acceptors (Lipinski definition) is 5. The lowest BCUT2D eigenvalue weighted by atomic mass is 10.1. The van der Waals surface area contributed by atoms with Crippen molar-refractivity contribution in [3.63, 3.8) is 0 Å². The first kappa shape index (κ1) is 11.6. The molecule has 3 rings (SSSR count). The first-order chi connectivity index (χ1) is 8.33. The molecule has 0 bridgehead atoms. The fourth-order valence-electron chi connectivity index (χ4n) is 2.16. The Hall–Kier alpha value is -0.520. The molecule has 0 amide bonds. The molecular formula is C12H19N3OS. The van der Waals surface area contributed by atoms with Gasteiger partial charge in [0, 0.05) is 25.6 Å². The predicted octanol–water partition coefficient (Wildman–Crippen LogP) is 1.93. The molecular weight excluding hydrogens is 234 g/mol. The summed E-state index contributed by atoms with van der Waals surface area (Å²) in [6.45, 7) is 4.12. The Bertz CT molecular complexity index is 378. The summed E-state index contributed by atoms with van der Waals surface area (Å²) < 4.78 is 5.71. The number of ether oxygens (including phenoxy) is 1. The van der Waals surface area contributed by atoms with Crippen molar-refractivity contribution in [1.29, 1.82) is 0 Å². The first-order valence-electron chi connectivity index (χ1n) is 6.50.